The summed E-state index contributed by atoms with van der Waals surface area (Å²) in [5.41, 5.74) is 7.75. The Balaban J connectivity index is 0.000000182. The van der Waals surface area contributed by atoms with E-state index in [2.05, 4.69) is 39.5 Å². The van der Waals surface area contributed by atoms with E-state index in [9.17, 15) is 44.5 Å². The molecule has 4 aliphatic heterocycles. The van der Waals surface area contributed by atoms with Gasteiger partial charge in [-0.2, -0.15) is 8.61 Å². The Hall–Kier alpha value is -5.72. The Morgan fingerprint density at radius 2 is 1.07 bits per heavy atom. The van der Waals surface area contributed by atoms with E-state index in [1.807, 2.05) is 13.0 Å². The first-order valence-corrected chi connectivity index (χ1v) is 21.3. The van der Waals surface area contributed by atoms with E-state index in [1.54, 1.807) is 19.1 Å². The van der Waals surface area contributed by atoms with Gasteiger partial charge >= 0.3 is 18.3 Å². The molecule has 0 radical (unpaired) electrons. The third-order valence-electron chi connectivity index (χ3n) is 9.89. The summed E-state index contributed by atoms with van der Waals surface area (Å²) < 4.78 is 124. The number of piperidine rings is 2. The Kier molecular flexibility index (Phi) is 11.3. The first kappa shape index (κ1) is 42.4. The summed E-state index contributed by atoms with van der Waals surface area (Å²) in [7, 11) is -7.79. The van der Waals surface area contributed by atoms with Crippen LogP contribution >= 0.6 is 0 Å². The standard InChI is InChI=1S/C18H18F2N4O6S.C18H20F2N4O4S/c1-11-2-4-14(24(25)26)17(21-11)22-12-6-8-23(9-7-12)31(27,28)13-3-5-15-16(10-13)30-18(19,20)29-15;1-11-2-4-14(21)17(22-11)23-12-6-8-24(9-7-12)29(25,26)13-3-5-15-16(10-13)28-18(19,20)27-15/h2-5,10,12H,6-9H2,1H3,(H,21,22);2-5,10,12H,6-9,21H2,1H3,(H,22,23). The molecule has 4 aliphatic rings. The SMILES string of the molecule is Cc1ccc(N)c(NC2CCN(S(=O)(=O)c3ccc4c(c3)OC(F)(F)O4)CC2)n1.Cc1ccc([N+](=O)[O-])c(NC2CCN(S(=O)(=O)c3ccc4c(c3)OC(F)(F)O4)CC2)n1. The van der Waals surface area contributed by atoms with Crippen LogP contribution in [0.1, 0.15) is 37.1 Å². The van der Waals surface area contributed by atoms with Gasteiger partial charge in [0.1, 0.15) is 5.82 Å². The quantitative estimate of drug-likeness (QED) is 0.108. The Morgan fingerprint density at radius 3 is 1.52 bits per heavy atom. The number of anilines is 3. The predicted molar refractivity (Wildman–Crippen MR) is 205 cm³/mol. The van der Waals surface area contributed by atoms with Gasteiger partial charge in [-0.05, 0) is 82.0 Å². The molecule has 0 aliphatic carbocycles. The van der Waals surface area contributed by atoms with Gasteiger partial charge < -0.3 is 35.3 Å². The number of aryl methyl sites for hydroxylation is 2. The van der Waals surface area contributed by atoms with Crippen molar-refractivity contribution in [2.75, 3.05) is 42.5 Å². The van der Waals surface area contributed by atoms with Crippen molar-refractivity contribution in [3.05, 3.63) is 82.2 Å². The van der Waals surface area contributed by atoms with E-state index in [4.69, 9.17) is 5.73 Å². The molecule has 8 rings (SSSR count). The molecule has 18 nitrogen and oxygen atoms in total. The second-order valence-electron chi connectivity index (χ2n) is 14.2. The normalized spacial score (nSPS) is 19.0. The Bertz CT molecular complexity index is 2520. The number of nitrogens with one attached hydrogen (secondary N) is 2. The minimum atomic E-state index is -3.94. The van der Waals surface area contributed by atoms with Gasteiger partial charge in [0.2, 0.25) is 25.9 Å². The fourth-order valence-corrected chi connectivity index (χ4v) is 9.80. The molecule has 4 N–H and O–H groups in total. The number of nitro groups is 1. The molecule has 2 saturated heterocycles. The maximum atomic E-state index is 13.2. The van der Waals surface area contributed by atoms with Crippen LogP contribution in [0.5, 0.6) is 23.0 Å². The van der Waals surface area contributed by atoms with Crippen LogP contribution in [0.4, 0.5) is 40.6 Å². The number of aromatic nitrogens is 2. The highest BCUT2D eigenvalue weighted by atomic mass is 32.2. The van der Waals surface area contributed by atoms with Gasteiger partial charge in [-0.3, -0.25) is 10.1 Å². The van der Waals surface area contributed by atoms with E-state index in [1.165, 1.54) is 32.9 Å². The molecule has 0 atom stereocenters. The van der Waals surface area contributed by atoms with E-state index in [0.29, 0.717) is 42.9 Å². The second kappa shape index (κ2) is 16.0. The van der Waals surface area contributed by atoms with E-state index in [0.717, 1.165) is 23.9 Å². The van der Waals surface area contributed by atoms with Gasteiger partial charge in [0.25, 0.3) is 0 Å². The summed E-state index contributed by atoms with van der Waals surface area (Å²) in [5, 5.41) is 17.5. The van der Waals surface area contributed by atoms with Crippen molar-refractivity contribution < 1.29 is 58.3 Å². The van der Waals surface area contributed by atoms with Gasteiger partial charge in [-0.15, -0.1) is 17.6 Å². The van der Waals surface area contributed by atoms with E-state index in [-0.39, 0.29) is 82.6 Å². The van der Waals surface area contributed by atoms with Crippen LogP contribution in [0.25, 0.3) is 0 Å². The monoisotopic (exact) mass is 882 g/mol. The minimum Gasteiger partial charge on any atom is -0.396 e. The fourth-order valence-electron chi connectivity index (χ4n) is 6.83. The van der Waals surface area contributed by atoms with Crippen molar-refractivity contribution in [3.63, 3.8) is 0 Å². The third-order valence-corrected chi connectivity index (χ3v) is 13.7. The number of nitrogens with two attached hydrogens (primary N) is 1. The molecule has 2 aromatic heterocycles. The zero-order valence-corrected chi connectivity index (χ0v) is 33.4. The number of halogens is 4. The van der Waals surface area contributed by atoms with Crippen molar-refractivity contribution in [1.82, 2.24) is 18.6 Å². The lowest BCUT2D eigenvalue weighted by Gasteiger charge is -2.32. The Labute approximate surface area is 340 Å². The largest absolute Gasteiger partial charge is 0.586 e. The smallest absolute Gasteiger partial charge is 0.396 e. The topological polar surface area (TPSA) is 231 Å². The molecule has 4 aromatic rings. The number of alkyl halides is 4. The molecule has 0 unspecified atom stereocenters. The van der Waals surface area contributed by atoms with Gasteiger partial charge in [0.15, 0.2) is 23.0 Å². The third kappa shape index (κ3) is 9.19. The molecule has 2 aromatic carbocycles. The number of benzene rings is 2. The molecule has 0 amide bonds. The van der Waals surface area contributed by atoms with E-state index < -0.39 is 37.6 Å². The second-order valence-corrected chi connectivity index (χ2v) is 18.0. The summed E-state index contributed by atoms with van der Waals surface area (Å²) in [6.45, 7) is 4.41. The molecule has 322 valence electrons. The number of ether oxygens (including phenoxy) is 4. The maximum Gasteiger partial charge on any atom is 0.586 e. The van der Waals surface area contributed by atoms with Crippen LogP contribution in [0.3, 0.4) is 0 Å². The maximum absolute atomic E-state index is 13.2. The fraction of sp³-hybridized carbons (Fsp3) is 0.389. The number of hydrogen-bond acceptors (Lipinski definition) is 15. The molecule has 60 heavy (non-hydrogen) atoms. The lowest BCUT2D eigenvalue weighted by Crippen LogP contribution is -2.42. The van der Waals surface area contributed by atoms with Gasteiger partial charge in [-0.1, -0.05) is 0 Å². The van der Waals surface area contributed by atoms with Crippen LogP contribution in [-0.2, 0) is 20.0 Å². The van der Waals surface area contributed by atoms with Crippen LogP contribution in [-0.4, -0.2) is 91.2 Å². The summed E-state index contributed by atoms with van der Waals surface area (Å²) in [6, 6.07) is 13.1. The van der Waals surface area contributed by atoms with Crippen LogP contribution in [0.2, 0.25) is 0 Å². The highest BCUT2D eigenvalue weighted by Gasteiger charge is 2.45. The summed E-state index contributed by atoms with van der Waals surface area (Å²) >= 11 is 0. The summed E-state index contributed by atoms with van der Waals surface area (Å²) in [5.74, 6) is -0.348. The highest BCUT2D eigenvalue weighted by molar-refractivity contribution is 7.89. The lowest BCUT2D eigenvalue weighted by atomic mass is 10.1. The molecule has 0 spiro atoms. The van der Waals surface area contributed by atoms with Crippen molar-refractivity contribution in [3.8, 4) is 23.0 Å². The van der Waals surface area contributed by atoms with Crippen molar-refractivity contribution in [2.45, 2.75) is 74.0 Å². The molecular formula is C36H38F4N8O10S2. The molecule has 6 heterocycles. The van der Waals surface area contributed by atoms with Crippen molar-refractivity contribution >= 4 is 43.1 Å². The Morgan fingerprint density at radius 1 is 0.667 bits per heavy atom. The van der Waals surface area contributed by atoms with Crippen LogP contribution < -0.4 is 35.3 Å². The predicted octanol–water partition coefficient (Wildman–Crippen LogP) is 5.44. The first-order valence-electron chi connectivity index (χ1n) is 18.4. The molecule has 0 saturated carbocycles. The number of fused-ring (bicyclic) bond motifs is 2. The average molecular weight is 883 g/mol. The van der Waals surface area contributed by atoms with Gasteiger partial charge in [0.05, 0.1) is 20.4 Å². The van der Waals surface area contributed by atoms with Gasteiger partial charge in [-0.25, -0.2) is 26.8 Å². The molecule has 2 fully saturated rings. The number of hydrogen-bond donors (Lipinski definition) is 3. The molecule has 24 heteroatoms. The minimum absolute atomic E-state index is 0.0218. The van der Waals surface area contributed by atoms with Crippen LogP contribution in [0.15, 0.2) is 70.5 Å². The van der Waals surface area contributed by atoms with Crippen molar-refractivity contribution in [1.29, 1.82) is 0 Å². The number of rotatable bonds is 9. The van der Waals surface area contributed by atoms with Gasteiger partial charge in [0, 0.05) is 67.8 Å². The lowest BCUT2D eigenvalue weighted by molar-refractivity contribution is -0.384. The zero-order chi connectivity index (χ0) is 43.2. The average Bonchev–Trinajstić information content (AvgIpc) is 3.68. The number of nitrogens with zero attached hydrogens (tertiary/aromatic N) is 5. The highest BCUT2D eigenvalue weighted by Crippen LogP contribution is 2.44. The number of sulfonamides is 2. The number of pyridine rings is 2. The first-order chi connectivity index (χ1) is 28.2. The summed E-state index contributed by atoms with van der Waals surface area (Å²) in [6.07, 6.45) is -5.75. The van der Waals surface area contributed by atoms with Crippen molar-refractivity contribution in [2.24, 2.45) is 0 Å². The summed E-state index contributed by atoms with van der Waals surface area (Å²) in [4.78, 5) is 18.9. The molecular weight excluding hydrogens is 845 g/mol. The van der Waals surface area contributed by atoms with E-state index >= 15 is 0 Å². The molecule has 0 bridgehead atoms. The van der Waals surface area contributed by atoms with Crippen LogP contribution in [0, 0.1) is 24.0 Å². The zero-order valence-electron chi connectivity index (χ0n) is 31.8. The number of nitrogen functional groups attached to an aromatic ring is 1.